The Labute approximate surface area is 204 Å². The molecule has 2 aromatic rings. The monoisotopic (exact) mass is 483 g/mol. The van der Waals surface area contributed by atoms with Gasteiger partial charge in [-0.05, 0) is 60.9 Å². The minimum Gasteiger partial charge on any atom is -0.497 e. The number of rotatable bonds is 7. The second kappa shape index (κ2) is 10.00. The molecule has 3 rings (SSSR count). The molecular formula is C28H36O5P. The van der Waals surface area contributed by atoms with E-state index < -0.39 is 18.5 Å². The Morgan fingerprint density at radius 1 is 0.912 bits per heavy atom. The molecule has 2 aromatic carbocycles. The van der Waals surface area contributed by atoms with E-state index in [-0.39, 0.29) is 11.2 Å². The van der Waals surface area contributed by atoms with Gasteiger partial charge in [0.1, 0.15) is 16.7 Å². The van der Waals surface area contributed by atoms with Gasteiger partial charge in [-0.3, -0.25) is 14.2 Å². The number of methoxy groups -OCH3 is 2. The van der Waals surface area contributed by atoms with Crippen molar-refractivity contribution in [2.75, 3.05) is 14.2 Å². The molecule has 6 heteroatoms. The van der Waals surface area contributed by atoms with E-state index in [4.69, 9.17) is 9.47 Å². The quantitative estimate of drug-likeness (QED) is 0.308. The van der Waals surface area contributed by atoms with Gasteiger partial charge in [0.2, 0.25) is 5.52 Å². The molecule has 1 aliphatic carbocycles. The van der Waals surface area contributed by atoms with E-state index >= 15 is 0 Å². The van der Waals surface area contributed by atoms with Crippen LogP contribution in [0.15, 0.2) is 30.3 Å². The maximum atomic E-state index is 14.1. The molecule has 1 aliphatic rings. The molecule has 0 saturated heterocycles. The van der Waals surface area contributed by atoms with Crippen molar-refractivity contribution in [3.8, 4) is 11.5 Å². The Morgan fingerprint density at radius 3 is 2.00 bits per heavy atom. The topological polar surface area (TPSA) is 69.7 Å². The summed E-state index contributed by atoms with van der Waals surface area (Å²) >= 11 is 0. The van der Waals surface area contributed by atoms with E-state index in [0.717, 1.165) is 36.0 Å². The van der Waals surface area contributed by atoms with Crippen LogP contribution < -0.4 is 9.47 Å². The van der Waals surface area contributed by atoms with Gasteiger partial charge in [-0.1, -0.05) is 52.2 Å². The SMILES string of the molecule is COc1ccc(C(=O)C2([P](=O)C(=O)c3c(C)cc(C(C)(C)C)cc3C)CCCCC2)c(OC)c1. The van der Waals surface area contributed by atoms with E-state index in [1.54, 1.807) is 25.3 Å². The lowest BCUT2D eigenvalue weighted by Crippen LogP contribution is -2.39. The molecule has 1 unspecified atom stereocenters. The van der Waals surface area contributed by atoms with Crippen molar-refractivity contribution < 1.29 is 23.6 Å². The van der Waals surface area contributed by atoms with Gasteiger partial charge < -0.3 is 9.47 Å². The predicted molar refractivity (Wildman–Crippen MR) is 136 cm³/mol. The number of Topliss-reactive ketones (excluding diaryl/α,β-unsaturated/α-hetero) is 1. The van der Waals surface area contributed by atoms with E-state index in [1.807, 2.05) is 26.0 Å². The van der Waals surface area contributed by atoms with Crippen LogP contribution in [0, 0.1) is 13.8 Å². The van der Waals surface area contributed by atoms with Gasteiger partial charge in [-0.2, -0.15) is 0 Å². The van der Waals surface area contributed by atoms with Crippen LogP contribution in [-0.2, 0) is 9.98 Å². The summed E-state index contributed by atoms with van der Waals surface area (Å²) in [6.07, 6.45) is 3.35. The third-order valence-electron chi connectivity index (χ3n) is 6.94. The number of hydrogen-bond donors (Lipinski definition) is 0. The predicted octanol–water partition coefficient (Wildman–Crippen LogP) is 7.17. The first-order valence-corrected chi connectivity index (χ1v) is 13.1. The Balaban J connectivity index is 2.08. The van der Waals surface area contributed by atoms with Crippen molar-refractivity contribution in [1.29, 1.82) is 0 Å². The van der Waals surface area contributed by atoms with Crippen LogP contribution in [0.4, 0.5) is 0 Å². The van der Waals surface area contributed by atoms with E-state index in [2.05, 4.69) is 20.8 Å². The Kier molecular flexibility index (Phi) is 7.67. The minimum atomic E-state index is -2.51. The van der Waals surface area contributed by atoms with Gasteiger partial charge in [0.05, 0.1) is 19.8 Å². The zero-order valence-corrected chi connectivity index (χ0v) is 22.3. The highest BCUT2D eigenvalue weighted by Crippen LogP contribution is 2.54. The number of carbonyl (C=O) groups is 2. The minimum absolute atomic E-state index is 0.0647. The summed E-state index contributed by atoms with van der Waals surface area (Å²) in [6, 6.07) is 9.01. The molecule has 34 heavy (non-hydrogen) atoms. The molecule has 0 aliphatic heterocycles. The average molecular weight is 484 g/mol. The van der Waals surface area contributed by atoms with Gasteiger partial charge in [0.25, 0.3) is 0 Å². The highest BCUT2D eigenvalue weighted by Gasteiger charge is 2.49. The fourth-order valence-electron chi connectivity index (χ4n) is 4.93. The lowest BCUT2D eigenvalue weighted by molar-refractivity contribution is 0.0900. The van der Waals surface area contributed by atoms with Gasteiger partial charge in [-0.25, -0.2) is 0 Å². The molecule has 1 atom stereocenters. The van der Waals surface area contributed by atoms with Crippen LogP contribution in [0.2, 0.25) is 0 Å². The third kappa shape index (κ3) is 4.81. The fourth-order valence-corrected chi connectivity index (χ4v) is 6.90. The third-order valence-corrected chi connectivity index (χ3v) is 8.96. The normalized spacial score (nSPS) is 16.0. The van der Waals surface area contributed by atoms with Crippen molar-refractivity contribution >= 4 is 19.1 Å². The summed E-state index contributed by atoms with van der Waals surface area (Å²) in [5.74, 6) is 0.659. The molecule has 0 heterocycles. The standard InChI is InChI=1S/C28H36O5P/c1-18-15-20(27(3,4)5)16-19(2)24(18)26(30)34(31)28(13-9-8-10-14-28)25(29)22-12-11-21(32-6)17-23(22)33-7/h11-12,15-17H,8-10,13-14H2,1-7H3. The maximum absolute atomic E-state index is 14.1. The molecule has 5 nitrogen and oxygen atoms in total. The number of hydrogen-bond acceptors (Lipinski definition) is 5. The van der Waals surface area contributed by atoms with Crippen LogP contribution in [0.5, 0.6) is 11.5 Å². The molecule has 0 bridgehead atoms. The summed E-state index contributed by atoms with van der Waals surface area (Å²) < 4.78 is 24.8. The molecule has 1 saturated carbocycles. The van der Waals surface area contributed by atoms with E-state index in [1.165, 1.54) is 7.11 Å². The first-order chi connectivity index (χ1) is 16.0. The van der Waals surface area contributed by atoms with Crippen molar-refractivity contribution in [1.82, 2.24) is 0 Å². The molecular weight excluding hydrogens is 447 g/mol. The summed E-state index contributed by atoms with van der Waals surface area (Å²) in [4.78, 5) is 27.7. The summed E-state index contributed by atoms with van der Waals surface area (Å²) in [6.45, 7) is 10.2. The average Bonchev–Trinajstić information content (AvgIpc) is 2.81. The molecule has 0 aromatic heterocycles. The zero-order chi connectivity index (χ0) is 25.3. The van der Waals surface area contributed by atoms with Crippen molar-refractivity contribution in [3.63, 3.8) is 0 Å². The lowest BCUT2D eigenvalue weighted by atomic mass is 9.82. The highest BCUT2D eigenvalue weighted by atomic mass is 31.1. The number of ether oxygens (including phenoxy) is 2. The van der Waals surface area contributed by atoms with Crippen molar-refractivity contribution in [3.05, 3.63) is 58.1 Å². The Bertz CT molecular complexity index is 1100. The number of aryl methyl sites for hydroxylation is 2. The summed E-state index contributed by atoms with van der Waals surface area (Å²) in [5.41, 5.74) is 3.07. The maximum Gasteiger partial charge on any atom is 0.243 e. The Morgan fingerprint density at radius 2 is 1.50 bits per heavy atom. The lowest BCUT2D eigenvalue weighted by Gasteiger charge is -2.34. The molecule has 0 amide bonds. The van der Waals surface area contributed by atoms with Crippen LogP contribution in [0.3, 0.4) is 0 Å². The van der Waals surface area contributed by atoms with Crippen molar-refractivity contribution in [2.45, 2.75) is 77.3 Å². The van der Waals surface area contributed by atoms with Crippen LogP contribution in [-0.4, -0.2) is 30.7 Å². The zero-order valence-electron chi connectivity index (χ0n) is 21.4. The fraction of sp³-hybridized carbons (Fsp3) is 0.500. The van der Waals surface area contributed by atoms with Gasteiger partial charge in [-0.15, -0.1) is 0 Å². The van der Waals surface area contributed by atoms with Crippen LogP contribution in [0.1, 0.15) is 90.3 Å². The molecule has 1 radical (unpaired) electrons. The summed E-state index contributed by atoms with van der Waals surface area (Å²) in [7, 11) is 0.532. The summed E-state index contributed by atoms with van der Waals surface area (Å²) in [5, 5.41) is -1.23. The second-order valence-electron chi connectivity index (χ2n) is 10.3. The molecule has 0 N–H and O–H groups in total. The molecule has 0 spiro atoms. The van der Waals surface area contributed by atoms with E-state index in [0.29, 0.717) is 35.5 Å². The molecule has 1 fully saturated rings. The Hall–Kier alpha value is -2.52. The second-order valence-corrected chi connectivity index (χ2v) is 12.2. The first kappa shape index (κ1) is 26.1. The van der Waals surface area contributed by atoms with Gasteiger partial charge in [0.15, 0.2) is 13.6 Å². The smallest absolute Gasteiger partial charge is 0.243 e. The van der Waals surface area contributed by atoms with Crippen LogP contribution in [0.25, 0.3) is 0 Å². The number of carbonyl (C=O) groups excluding carboxylic acids is 2. The highest BCUT2D eigenvalue weighted by molar-refractivity contribution is 7.67. The first-order valence-electron chi connectivity index (χ1n) is 11.9. The van der Waals surface area contributed by atoms with E-state index in [9.17, 15) is 14.2 Å². The van der Waals surface area contributed by atoms with Gasteiger partial charge in [0, 0.05) is 11.6 Å². The largest absolute Gasteiger partial charge is 0.497 e. The molecule has 183 valence electrons. The number of benzene rings is 2. The van der Waals surface area contributed by atoms with Gasteiger partial charge >= 0.3 is 0 Å². The number of ketones is 1. The van der Waals surface area contributed by atoms with Crippen molar-refractivity contribution in [2.24, 2.45) is 0 Å². The van der Waals surface area contributed by atoms with Crippen LogP contribution >= 0.6 is 7.80 Å².